The van der Waals surface area contributed by atoms with Crippen LogP contribution in [0.5, 0.6) is 11.5 Å². The molecule has 6 nitrogen and oxygen atoms in total. The van der Waals surface area contributed by atoms with E-state index in [1.54, 1.807) is 18.2 Å². The van der Waals surface area contributed by atoms with Crippen molar-refractivity contribution in [1.29, 1.82) is 0 Å². The minimum atomic E-state index is -0.659. The Morgan fingerprint density at radius 2 is 1.73 bits per heavy atom. The van der Waals surface area contributed by atoms with Gasteiger partial charge in [-0.25, -0.2) is 4.79 Å². The third-order valence-corrected chi connectivity index (χ3v) is 3.81. The van der Waals surface area contributed by atoms with Gasteiger partial charge in [0, 0.05) is 5.69 Å². The molecule has 1 amide bonds. The second-order valence-electron chi connectivity index (χ2n) is 5.91. The van der Waals surface area contributed by atoms with Gasteiger partial charge in [0.05, 0.1) is 14.2 Å². The maximum absolute atomic E-state index is 12.3. The van der Waals surface area contributed by atoms with E-state index in [4.69, 9.17) is 14.2 Å². The summed E-state index contributed by atoms with van der Waals surface area (Å²) in [6.07, 6.45) is 0. The summed E-state index contributed by atoms with van der Waals surface area (Å²) >= 11 is 0. The minimum Gasteiger partial charge on any atom is -0.493 e. The van der Waals surface area contributed by atoms with Crippen LogP contribution in [0.2, 0.25) is 0 Å². The molecule has 0 bridgehead atoms. The van der Waals surface area contributed by atoms with Gasteiger partial charge in [-0.2, -0.15) is 0 Å². The summed E-state index contributed by atoms with van der Waals surface area (Å²) in [5.41, 5.74) is 1.92. The molecule has 26 heavy (non-hydrogen) atoms. The van der Waals surface area contributed by atoms with Crippen LogP contribution in [-0.2, 0) is 9.53 Å². The molecule has 0 saturated heterocycles. The molecule has 0 aliphatic carbocycles. The molecular weight excluding hydrogens is 334 g/mol. The fraction of sp³-hybridized carbons (Fsp3) is 0.300. The summed E-state index contributed by atoms with van der Waals surface area (Å²) in [6.45, 7) is 3.69. The molecule has 2 aromatic rings. The molecule has 0 radical (unpaired) electrons. The second kappa shape index (κ2) is 8.89. The average Bonchev–Trinajstić information content (AvgIpc) is 2.65. The Morgan fingerprint density at radius 1 is 1.00 bits per heavy atom. The van der Waals surface area contributed by atoms with Crippen LogP contribution in [0.4, 0.5) is 5.69 Å². The first-order valence-electron chi connectivity index (χ1n) is 8.24. The smallest absolute Gasteiger partial charge is 0.342 e. The zero-order valence-electron chi connectivity index (χ0n) is 15.4. The topological polar surface area (TPSA) is 73.9 Å². The van der Waals surface area contributed by atoms with Crippen molar-refractivity contribution < 1.29 is 23.8 Å². The molecular formula is C20H23NO5. The SMILES string of the molecule is COc1cccc(C(=O)OCC(=O)Nc2ccccc2C(C)C)c1OC. The average molecular weight is 357 g/mol. The number of carbonyl (C=O) groups excluding carboxylic acids is 2. The molecule has 0 aliphatic heterocycles. The van der Waals surface area contributed by atoms with Crippen molar-refractivity contribution in [3.8, 4) is 11.5 Å². The second-order valence-corrected chi connectivity index (χ2v) is 5.91. The van der Waals surface area contributed by atoms with E-state index in [1.807, 2.05) is 38.1 Å². The minimum absolute atomic E-state index is 0.197. The number of hydrogen-bond acceptors (Lipinski definition) is 5. The third-order valence-electron chi connectivity index (χ3n) is 3.81. The van der Waals surface area contributed by atoms with Crippen molar-refractivity contribution in [3.63, 3.8) is 0 Å². The van der Waals surface area contributed by atoms with Crippen LogP contribution >= 0.6 is 0 Å². The molecule has 0 aromatic heterocycles. The number of anilines is 1. The van der Waals surface area contributed by atoms with Crippen molar-refractivity contribution in [2.75, 3.05) is 26.1 Å². The molecule has 0 spiro atoms. The van der Waals surface area contributed by atoms with E-state index in [9.17, 15) is 9.59 Å². The lowest BCUT2D eigenvalue weighted by Gasteiger charge is -2.14. The van der Waals surface area contributed by atoms with Crippen molar-refractivity contribution in [3.05, 3.63) is 53.6 Å². The van der Waals surface area contributed by atoms with Crippen molar-refractivity contribution in [2.24, 2.45) is 0 Å². The number of nitrogens with one attached hydrogen (secondary N) is 1. The third kappa shape index (κ3) is 4.53. The fourth-order valence-corrected chi connectivity index (χ4v) is 2.56. The van der Waals surface area contributed by atoms with Gasteiger partial charge in [-0.05, 0) is 29.7 Å². The van der Waals surface area contributed by atoms with Crippen LogP contribution in [0.1, 0.15) is 35.7 Å². The zero-order valence-corrected chi connectivity index (χ0v) is 15.4. The van der Waals surface area contributed by atoms with E-state index in [1.165, 1.54) is 14.2 Å². The summed E-state index contributed by atoms with van der Waals surface area (Å²) in [4.78, 5) is 24.4. The van der Waals surface area contributed by atoms with E-state index in [2.05, 4.69) is 5.32 Å². The summed E-state index contributed by atoms with van der Waals surface area (Å²) in [7, 11) is 2.91. The highest BCUT2D eigenvalue weighted by atomic mass is 16.5. The fourth-order valence-electron chi connectivity index (χ4n) is 2.56. The molecule has 0 fully saturated rings. The van der Waals surface area contributed by atoms with Crippen LogP contribution in [0.25, 0.3) is 0 Å². The Labute approximate surface area is 153 Å². The molecule has 0 unspecified atom stereocenters. The normalized spacial score (nSPS) is 10.3. The van der Waals surface area contributed by atoms with Gasteiger partial charge < -0.3 is 19.5 Å². The molecule has 2 aromatic carbocycles. The van der Waals surface area contributed by atoms with Gasteiger partial charge >= 0.3 is 5.97 Å². The van der Waals surface area contributed by atoms with Crippen LogP contribution < -0.4 is 14.8 Å². The van der Waals surface area contributed by atoms with Crippen LogP contribution in [0.3, 0.4) is 0 Å². The van der Waals surface area contributed by atoms with Gasteiger partial charge in [0.2, 0.25) is 0 Å². The quantitative estimate of drug-likeness (QED) is 0.766. The number of ether oxygens (including phenoxy) is 3. The van der Waals surface area contributed by atoms with Crippen LogP contribution in [0, 0.1) is 0 Å². The predicted molar refractivity (Wildman–Crippen MR) is 99.0 cm³/mol. The Hall–Kier alpha value is -3.02. The largest absolute Gasteiger partial charge is 0.493 e. The highest BCUT2D eigenvalue weighted by Crippen LogP contribution is 2.31. The maximum atomic E-state index is 12.3. The Balaban J connectivity index is 2.03. The van der Waals surface area contributed by atoms with E-state index in [0.717, 1.165) is 5.56 Å². The first-order chi connectivity index (χ1) is 12.5. The number of rotatable bonds is 7. The molecule has 0 aliphatic rings. The molecule has 138 valence electrons. The monoisotopic (exact) mass is 357 g/mol. The Bertz CT molecular complexity index is 786. The summed E-state index contributed by atoms with van der Waals surface area (Å²) in [5, 5.41) is 2.78. The number of hydrogen-bond donors (Lipinski definition) is 1. The summed E-state index contributed by atoms with van der Waals surface area (Å²) in [6, 6.07) is 12.4. The molecule has 2 rings (SSSR count). The van der Waals surface area contributed by atoms with E-state index >= 15 is 0 Å². The number of esters is 1. The number of carbonyl (C=O) groups is 2. The molecule has 0 saturated carbocycles. The summed E-state index contributed by atoms with van der Waals surface area (Å²) < 4.78 is 15.5. The van der Waals surface area contributed by atoms with E-state index < -0.39 is 18.5 Å². The van der Waals surface area contributed by atoms with Gasteiger partial charge in [-0.15, -0.1) is 0 Å². The zero-order chi connectivity index (χ0) is 19.1. The lowest BCUT2D eigenvalue weighted by atomic mass is 10.0. The Kier molecular flexibility index (Phi) is 6.60. The number of para-hydroxylation sites is 2. The van der Waals surface area contributed by atoms with Crippen molar-refractivity contribution in [2.45, 2.75) is 19.8 Å². The molecule has 0 atom stereocenters. The highest BCUT2D eigenvalue weighted by Gasteiger charge is 2.19. The van der Waals surface area contributed by atoms with Gasteiger partial charge in [-0.1, -0.05) is 38.1 Å². The Morgan fingerprint density at radius 3 is 2.38 bits per heavy atom. The molecule has 0 heterocycles. The van der Waals surface area contributed by atoms with Gasteiger partial charge in [-0.3, -0.25) is 4.79 Å². The predicted octanol–water partition coefficient (Wildman–Crippen LogP) is 3.62. The van der Waals surface area contributed by atoms with Gasteiger partial charge in [0.1, 0.15) is 5.56 Å². The first-order valence-corrected chi connectivity index (χ1v) is 8.24. The number of benzene rings is 2. The maximum Gasteiger partial charge on any atom is 0.342 e. The lowest BCUT2D eigenvalue weighted by Crippen LogP contribution is -2.22. The number of amides is 1. The van der Waals surface area contributed by atoms with Crippen LogP contribution in [-0.4, -0.2) is 32.7 Å². The number of methoxy groups -OCH3 is 2. The van der Waals surface area contributed by atoms with Crippen molar-refractivity contribution >= 4 is 17.6 Å². The van der Waals surface area contributed by atoms with Crippen molar-refractivity contribution in [1.82, 2.24) is 0 Å². The molecule has 1 N–H and O–H groups in total. The molecule has 6 heteroatoms. The summed E-state index contributed by atoms with van der Waals surface area (Å²) in [5.74, 6) is -0.126. The lowest BCUT2D eigenvalue weighted by molar-refractivity contribution is -0.119. The first kappa shape index (κ1) is 19.3. The van der Waals surface area contributed by atoms with E-state index in [0.29, 0.717) is 11.4 Å². The van der Waals surface area contributed by atoms with Gasteiger partial charge in [0.15, 0.2) is 18.1 Å². The van der Waals surface area contributed by atoms with E-state index in [-0.39, 0.29) is 17.2 Å². The highest BCUT2D eigenvalue weighted by molar-refractivity contribution is 5.97. The van der Waals surface area contributed by atoms with Crippen LogP contribution in [0.15, 0.2) is 42.5 Å². The standard InChI is InChI=1S/C20H23NO5/c1-13(2)14-8-5-6-10-16(14)21-18(22)12-26-20(23)15-9-7-11-17(24-3)19(15)25-4/h5-11,13H,12H2,1-4H3,(H,21,22). The van der Waals surface area contributed by atoms with Gasteiger partial charge in [0.25, 0.3) is 5.91 Å².